The van der Waals surface area contributed by atoms with Crippen LogP contribution in [0.25, 0.3) is 0 Å². The molecule has 0 aliphatic rings. The van der Waals surface area contributed by atoms with Crippen molar-refractivity contribution in [3.63, 3.8) is 0 Å². The molecule has 0 fully saturated rings. The van der Waals surface area contributed by atoms with Crippen molar-refractivity contribution in [1.29, 1.82) is 0 Å². The van der Waals surface area contributed by atoms with E-state index >= 15 is 0 Å². The van der Waals surface area contributed by atoms with Crippen molar-refractivity contribution >= 4 is 0 Å². The highest BCUT2D eigenvalue weighted by molar-refractivity contribution is 5.29. The molecule has 0 aliphatic heterocycles. The first-order chi connectivity index (χ1) is 9.95. The minimum atomic E-state index is -0.133. The molecule has 1 heterocycles. The zero-order valence-electron chi connectivity index (χ0n) is 13.1. The summed E-state index contributed by atoms with van der Waals surface area (Å²) in [6.45, 7) is 8.50. The van der Waals surface area contributed by atoms with Crippen molar-refractivity contribution in [3.8, 4) is 6.01 Å². The Bertz CT molecular complexity index is 675. The van der Waals surface area contributed by atoms with E-state index in [0.29, 0.717) is 30.5 Å². The summed E-state index contributed by atoms with van der Waals surface area (Å²) in [5.41, 5.74) is 3.63. The summed E-state index contributed by atoms with van der Waals surface area (Å²) < 4.78 is 5.54. The highest BCUT2D eigenvalue weighted by Crippen LogP contribution is 2.13. The van der Waals surface area contributed by atoms with E-state index in [-0.39, 0.29) is 5.56 Å². The van der Waals surface area contributed by atoms with Crippen LogP contribution in [-0.2, 0) is 6.42 Å². The molecule has 2 rings (SSSR count). The van der Waals surface area contributed by atoms with Gasteiger partial charge in [-0.25, -0.2) is 4.98 Å². The minimum absolute atomic E-state index is 0.133. The lowest BCUT2D eigenvalue weighted by Crippen LogP contribution is -2.18. The number of hydrogen-bond acceptors (Lipinski definition) is 3. The molecule has 4 heteroatoms. The number of benzene rings is 1. The summed E-state index contributed by atoms with van der Waals surface area (Å²) in [4.78, 5) is 19.1. The molecule has 0 unspecified atom stereocenters. The highest BCUT2D eigenvalue weighted by Gasteiger charge is 2.10. The van der Waals surface area contributed by atoms with Gasteiger partial charge in [-0.1, -0.05) is 43.7 Å². The van der Waals surface area contributed by atoms with Gasteiger partial charge in [0.25, 0.3) is 11.6 Å². The standard InChI is InChI=1S/C17H22N2O2/c1-11(2)10-21-17-18-15(13(4)16(20)19-17)9-14-7-5-6-12(3)8-14/h5-8,11H,9-10H2,1-4H3,(H,18,19,20). The molecule has 1 aromatic carbocycles. The molecular weight excluding hydrogens is 264 g/mol. The van der Waals surface area contributed by atoms with Crippen molar-refractivity contribution in [1.82, 2.24) is 9.97 Å². The topological polar surface area (TPSA) is 55.0 Å². The summed E-state index contributed by atoms with van der Waals surface area (Å²) in [5.74, 6) is 0.386. The zero-order chi connectivity index (χ0) is 15.4. The SMILES string of the molecule is Cc1cccc(Cc2nc(OCC(C)C)[nH]c(=O)c2C)c1. The second-order valence-electron chi connectivity index (χ2n) is 5.81. The van der Waals surface area contributed by atoms with E-state index in [0.717, 1.165) is 11.3 Å². The number of nitrogens with zero attached hydrogens (tertiary/aromatic N) is 1. The van der Waals surface area contributed by atoms with E-state index in [9.17, 15) is 4.79 Å². The van der Waals surface area contributed by atoms with Crippen LogP contribution in [0, 0.1) is 19.8 Å². The van der Waals surface area contributed by atoms with Gasteiger partial charge in [0.05, 0.1) is 12.3 Å². The molecule has 112 valence electrons. The van der Waals surface area contributed by atoms with Gasteiger partial charge in [0.15, 0.2) is 0 Å². The molecule has 0 amide bonds. The Hall–Kier alpha value is -2.10. The molecular formula is C17H22N2O2. The van der Waals surface area contributed by atoms with Crippen LogP contribution in [0.3, 0.4) is 0 Å². The summed E-state index contributed by atoms with van der Waals surface area (Å²) in [5, 5.41) is 0. The van der Waals surface area contributed by atoms with Gasteiger partial charge in [0, 0.05) is 12.0 Å². The van der Waals surface area contributed by atoms with Gasteiger partial charge in [-0.2, -0.15) is 0 Å². The molecule has 1 N–H and O–H groups in total. The number of ether oxygens (including phenoxy) is 1. The predicted octanol–water partition coefficient (Wildman–Crippen LogP) is 3.01. The second-order valence-corrected chi connectivity index (χ2v) is 5.81. The first-order valence-corrected chi connectivity index (χ1v) is 7.24. The van der Waals surface area contributed by atoms with Crippen LogP contribution in [0.15, 0.2) is 29.1 Å². The molecule has 0 saturated carbocycles. The third-order valence-electron chi connectivity index (χ3n) is 3.24. The third kappa shape index (κ3) is 4.18. The van der Waals surface area contributed by atoms with Crippen LogP contribution in [0.2, 0.25) is 0 Å². The average Bonchev–Trinajstić information content (AvgIpc) is 2.42. The first kappa shape index (κ1) is 15.3. The minimum Gasteiger partial charge on any atom is -0.464 e. The number of hydrogen-bond donors (Lipinski definition) is 1. The van der Waals surface area contributed by atoms with Crippen LogP contribution in [0.5, 0.6) is 6.01 Å². The molecule has 2 aromatic rings. The van der Waals surface area contributed by atoms with Crippen LogP contribution < -0.4 is 10.3 Å². The number of H-pyrrole nitrogens is 1. The number of aryl methyl sites for hydroxylation is 1. The summed E-state index contributed by atoms with van der Waals surface area (Å²) >= 11 is 0. The van der Waals surface area contributed by atoms with Crippen LogP contribution in [0.1, 0.15) is 36.2 Å². The Kier molecular flexibility index (Phi) is 4.78. The fourth-order valence-corrected chi connectivity index (χ4v) is 2.06. The largest absolute Gasteiger partial charge is 0.464 e. The number of rotatable bonds is 5. The van der Waals surface area contributed by atoms with Crippen LogP contribution >= 0.6 is 0 Å². The Balaban J connectivity index is 2.27. The van der Waals surface area contributed by atoms with Crippen molar-refractivity contribution in [2.45, 2.75) is 34.1 Å². The third-order valence-corrected chi connectivity index (χ3v) is 3.24. The van der Waals surface area contributed by atoms with Gasteiger partial charge in [-0.15, -0.1) is 0 Å². The first-order valence-electron chi connectivity index (χ1n) is 7.24. The molecule has 0 radical (unpaired) electrons. The highest BCUT2D eigenvalue weighted by atomic mass is 16.5. The molecule has 21 heavy (non-hydrogen) atoms. The van der Waals surface area contributed by atoms with E-state index in [1.54, 1.807) is 6.92 Å². The molecule has 0 saturated heterocycles. The molecule has 0 atom stereocenters. The van der Waals surface area contributed by atoms with E-state index in [4.69, 9.17) is 4.74 Å². The van der Waals surface area contributed by atoms with Crippen molar-refractivity contribution in [2.24, 2.45) is 5.92 Å². The monoisotopic (exact) mass is 286 g/mol. The Morgan fingerprint density at radius 3 is 2.71 bits per heavy atom. The lowest BCUT2D eigenvalue weighted by Gasteiger charge is -2.10. The van der Waals surface area contributed by atoms with Gasteiger partial charge < -0.3 is 4.74 Å². The van der Waals surface area contributed by atoms with Gasteiger partial charge >= 0.3 is 0 Å². The molecule has 0 bridgehead atoms. The van der Waals surface area contributed by atoms with Gasteiger partial charge in [-0.3, -0.25) is 9.78 Å². The van der Waals surface area contributed by atoms with Crippen molar-refractivity contribution in [3.05, 3.63) is 57.0 Å². The molecule has 1 aromatic heterocycles. The maximum atomic E-state index is 12.0. The maximum absolute atomic E-state index is 12.0. The smallest absolute Gasteiger partial charge is 0.296 e. The van der Waals surface area contributed by atoms with Gasteiger partial charge in [0.1, 0.15) is 0 Å². The Morgan fingerprint density at radius 2 is 2.05 bits per heavy atom. The zero-order valence-corrected chi connectivity index (χ0v) is 13.1. The molecule has 0 spiro atoms. The van der Waals surface area contributed by atoms with Gasteiger partial charge in [-0.05, 0) is 25.3 Å². The lowest BCUT2D eigenvalue weighted by atomic mass is 10.0. The Labute approximate surface area is 125 Å². The van der Waals surface area contributed by atoms with E-state index in [2.05, 4.69) is 42.9 Å². The number of nitrogens with one attached hydrogen (secondary N) is 1. The average molecular weight is 286 g/mol. The van der Waals surface area contributed by atoms with Crippen LogP contribution in [0.4, 0.5) is 0 Å². The lowest BCUT2D eigenvalue weighted by molar-refractivity contribution is 0.249. The quantitative estimate of drug-likeness (QED) is 0.919. The van der Waals surface area contributed by atoms with Gasteiger partial charge in [0.2, 0.25) is 0 Å². The molecule has 4 nitrogen and oxygen atoms in total. The summed E-state index contributed by atoms with van der Waals surface area (Å²) in [6.07, 6.45) is 0.634. The van der Waals surface area contributed by atoms with Crippen LogP contribution in [-0.4, -0.2) is 16.6 Å². The second kappa shape index (κ2) is 6.57. The fraction of sp³-hybridized carbons (Fsp3) is 0.412. The van der Waals surface area contributed by atoms with E-state index < -0.39 is 0 Å². The van der Waals surface area contributed by atoms with Crippen molar-refractivity contribution < 1.29 is 4.74 Å². The fourth-order valence-electron chi connectivity index (χ4n) is 2.06. The summed E-state index contributed by atoms with van der Waals surface area (Å²) in [6, 6.07) is 8.53. The predicted molar refractivity (Wildman–Crippen MR) is 83.9 cm³/mol. The van der Waals surface area contributed by atoms with E-state index in [1.165, 1.54) is 5.56 Å². The Morgan fingerprint density at radius 1 is 1.29 bits per heavy atom. The van der Waals surface area contributed by atoms with E-state index in [1.807, 2.05) is 12.1 Å². The maximum Gasteiger partial charge on any atom is 0.296 e. The van der Waals surface area contributed by atoms with Crippen molar-refractivity contribution in [2.75, 3.05) is 6.61 Å². The molecule has 0 aliphatic carbocycles. The number of aromatic nitrogens is 2. The normalized spacial score (nSPS) is 10.9. The summed E-state index contributed by atoms with van der Waals surface area (Å²) in [7, 11) is 0. The number of aromatic amines is 1.